The molecule has 2 heterocycles. The Bertz CT molecular complexity index is 1220. The Labute approximate surface area is 216 Å². The Kier molecular flexibility index (Phi) is 8.35. The van der Waals surface area contributed by atoms with Crippen molar-refractivity contribution in [2.24, 2.45) is 0 Å². The Balaban J connectivity index is 1.39. The average molecular weight is 502 g/mol. The molecule has 8 heteroatoms. The number of aromatic nitrogens is 3. The van der Waals surface area contributed by atoms with Crippen LogP contribution < -0.4 is 0 Å². The molecular weight excluding hydrogens is 470 g/mol. The molecule has 5 rings (SSSR count). The number of aliphatic hydroxyl groups is 2. The fourth-order valence-electron chi connectivity index (χ4n) is 4.58. The summed E-state index contributed by atoms with van der Waals surface area (Å²) in [4.78, 5) is 0. The van der Waals surface area contributed by atoms with E-state index in [4.69, 9.17) is 14.2 Å². The number of rotatable bonds is 10. The standard InChI is InChI=1S/C29H31N3O5/c33-26-24-16-30-31-32(24)25(20-35-17-21-10-4-1-5-11-21)27(34)29(37-19-23-14-8-3-9-15-23)28(26)36-18-22-12-6-2-7-13-22/h1-16,25-29,33-34H,17-20H2/t25-,26-,27-,28+,29+/m1/s1. The first-order chi connectivity index (χ1) is 18.2. The maximum absolute atomic E-state index is 11.6. The lowest BCUT2D eigenvalue weighted by Crippen LogP contribution is -2.46. The van der Waals surface area contributed by atoms with Gasteiger partial charge in [0.1, 0.15) is 30.5 Å². The molecule has 0 saturated carbocycles. The molecular formula is C29H31N3O5. The zero-order valence-corrected chi connectivity index (χ0v) is 20.4. The fraction of sp³-hybridized carbons (Fsp3) is 0.310. The Morgan fingerprint density at radius 1 is 0.676 bits per heavy atom. The molecule has 8 nitrogen and oxygen atoms in total. The average Bonchev–Trinajstić information content (AvgIpc) is 3.41. The summed E-state index contributed by atoms with van der Waals surface area (Å²) in [6, 6.07) is 28.6. The van der Waals surface area contributed by atoms with Crippen LogP contribution >= 0.6 is 0 Å². The van der Waals surface area contributed by atoms with Gasteiger partial charge in [-0.2, -0.15) is 0 Å². The number of hydrogen-bond acceptors (Lipinski definition) is 7. The number of aliphatic hydroxyl groups excluding tert-OH is 2. The Morgan fingerprint density at radius 3 is 1.76 bits per heavy atom. The smallest absolute Gasteiger partial charge is 0.126 e. The predicted octanol–water partition coefficient (Wildman–Crippen LogP) is 3.61. The zero-order valence-electron chi connectivity index (χ0n) is 20.4. The van der Waals surface area contributed by atoms with Crippen LogP contribution in [0.2, 0.25) is 0 Å². The molecule has 4 aromatic rings. The molecule has 0 spiro atoms. The summed E-state index contributed by atoms with van der Waals surface area (Å²) >= 11 is 0. The molecule has 0 fully saturated rings. The summed E-state index contributed by atoms with van der Waals surface area (Å²) in [6.07, 6.45) is -2.42. The second-order valence-corrected chi connectivity index (χ2v) is 9.13. The number of benzene rings is 3. The summed E-state index contributed by atoms with van der Waals surface area (Å²) in [7, 11) is 0. The highest BCUT2D eigenvalue weighted by molar-refractivity contribution is 5.16. The molecule has 37 heavy (non-hydrogen) atoms. The van der Waals surface area contributed by atoms with E-state index < -0.39 is 30.5 Å². The van der Waals surface area contributed by atoms with Gasteiger partial charge in [0.15, 0.2) is 0 Å². The third-order valence-corrected chi connectivity index (χ3v) is 6.56. The van der Waals surface area contributed by atoms with Gasteiger partial charge in [0, 0.05) is 0 Å². The van der Waals surface area contributed by atoms with Crippen molar-refractivity contribution in [2.75, 3.05) is 6.61 Å². The third-order valence-electron chi connectivity index (χ3n) is 6.56. The summed E-state index contributed by atoms with van der Waals surface area (Å²) in [5.41, 5.74) is 3.36. The fourth-order valence-corrected chi connectivity index (χ4v) is 4.58. The largest absolute Gasteiger partial charge is 0.388 e. The van der Waals surface area contributed by atoms with Crippen molar-refractivity contribution in [3.8, 4) is 0 Å². The van der Waals surface area contributed by atoms with E-state index in [1.807, 2.05) is 91.0 Å². The Hall–Kier alpha value is -3.40. The van der Waals surface area contributed by atoms with Crippen LogP contribution in [0.3, 0.4) is 0 Å². The Morgan fingerprint density at radius 2 is 1.19 bits per heavy atom. The minimum atomic E-state index is -1.12. The van der Waals surface area contributed by atoms with E-state index in [1.54, 1.807) is 0 Å². The van der Waals surface area contributed by atoms with Crippen molar-refractivity contribution in [3.05, 3.63) is 120 Å². The van der Waals surface area contributed by atoms with Crippen LogP contribution in [0.25, 0.3) is 0 Å². The highest BCUT2D eigenvalue weighted by Crippen LogP contribution is 2.35. The minimum Gasteiger partial charge on any atom is -0.388 e. The maximum Gasteiger partial charge on any atom is 0.126 e. The molecule has 1 aliphatic heterocycles. The van der Waals surface area contributed by atoms with Gasteiger partial charge < -0.3 is 24.4 Å². The third kappa shape index (κ3) is 6.12. The second-order valence-electron chi connectivity index (χ2n) is 9.13. The van der Waals surface area contributed by atoms with Gasteiger partial charge in [0.05, 0.1) is 38.3 Å². The highest BCUT2D eigenvalue weighted by Gasteiger charge is 2.46. The van der Waals surface area contributed by atoms with Crippen LogP contribution in [-0.2, 0) is 34.0 Å². The van der Waals surface area contributed by atoms with Crippen molar-refractivity contribution < 1.29 is 24.4 Å². The number of ether oxygens (including phenoxy) is 3. The normalized spacial score (nSPS) is 23.4. The SMILES string of the molecule is O[C@H]1[C@H](OCc2ccccc2)[C@@H](OCc2ccccc2)[C@H](O)c2cnnn2[C@@H]1COCc1ccccc1. The van der Waals surface area contributed by atoms with Crippen LogP contribution in [0, 0.1) is 0 Å². The van der Waals surface area contributed by atoms with Crippen LogP contribution in [0.1, 0.15) is 34.5 Å². The second kappa shape index (κ2) is 12.2. The lowest BCUT2D eigenvalue weighted by molar-refractivity contribution is -0.171. The summed E-state index contributed by atoms with van der Waals surface area (Å²) in [6.45, 7) is 1.02. The van der Waals surface area contributed by atoms with Crippen molar-refractivity contribution in [3.63, 3.8) is 0 Å². The molecule has 0 saturated heterocycles. The quantitative estimate of drug-likeness (QED) is 0.343. The molecule has 3 aromatic carbocycles. The van der Waals surface area contributed by atoms with E-state index in [9.17, 15) is 10.2 Å². The van der Waals surface area contributed by atoms with Gasteiger partial charge in [-0.05, 0) is 16.7 Å². The summed E-state index contributed by atoms with van der Waals surface area (Å²) in [5.74, 6) is 0. The van der Waals surface area contributed by atoms with E-state index >= 15 is 0 Å². The molecule has 1 aromatic heterocycles. The van der Waals surface area contributed by atoms with Crippen molar-refractivity contribution in [1.82, 2.24) is 15.0 Å². The van der Waals surface area contributed by atoms with E-state index in [-0.39, 0.29) is 19.8 Å². The van der Waals surface area contributed by atoms with Gasteiger partial charge in [0.2, 0.25) is 0 Å². The molecule has 0 amide bonds. The van der Waals surface area contributed by atoms with Gasteiger partial charge in [-0.25, -0.2) is 4.68 Å². The molecule has 0 radical (unpaired) electrons. The van der Waals surface area contributed by atoms with Crippen LogP contribution in [0.5, 0.6) is 0 Å². The van der Waals surface area contributed by atoms with Gasteiger partial charge in [-0.1, -0.05) is 96.2 Å². The van der Waals surface area contributed by atoms with Gasteiger partial charge >= 0.3 is 0 Å². The van der Waals surface area contributed by atoms with E-state index in [2.05, 4.69) is 10.3 Å². The maximum atomic E-state index is 11.6. The number of nitrogens with zero attached hydrogens (tertiary/aromatic N) is 3. The van der Waals surface area contributed by atoms with Crippen molar-refractivity contribution in [1.29, 1.82) is 0 Å². The molecule has 0 unspecified atom stereocenters. The van der Waals surface area contributed by atoms with Gasteiger partial charge in [0.25, 0.3) is 0 Å². The van der Waals surface area contributed by atoms with Crippen LogP contribution in [-0.4, -0.2) is 50.1 Å². The first-order valence-electron chi connectivity index (χ1n) is 12.4. The van der Waals surface area contributed by atoms with E-state index in [0.29, 0.717) is 12.3 Å². The minimum absolute atomic E-state index is 0.149. The van der Waals surface area contributed by atoms with E-state index in [0.717, 1.165) is 16.7 Å². The summed E-state index contributed by atoms with van der Waals surface area (Å²) in [5, 5.41) is 31.3. The molecule has 0 aliphatic carbocycles. The van der Waals surface area contributed by atoms with Crippen LogP contribution in [0.15, 0.2) is 97.2 Å². The number of fused-ring (bicyclic) bond motifs is 1. The molecule has 0 bridgehead atoms. The molecule has 5 atom stereocenters. The van der Waals surface area contributed by atoms with E-state index in [1.165, 1.54) is 10.9 Å². The predicted molar refractivity (Wildman–Crippen MR) is 136 cm³/mol. The molecule has 192 valence electrons. The first-order valence-corrected chi connectivity index (χ1v) is 12.4. The lowest BCUT2D eigenvalue weighted by Gasteiger charge is -2.33. The number of hydrogen-bond donors (Lipinski definition) is 2. The van der Waals surface area contributed by atoms with Crippen LogP contribution in [0.4, 0.5) is 0 Å². The monoisotopic (exact) mass is 501 g/mol. The van der Waals surface area contributed by atoms with Crippen molar-refractivity contribution in [2.45, 2.75) is 50.3 Å². The molecule has 1 aliphatic rings. The first kappa shape index (κ1) is 25.3. The van der Waals surface area contributed by atoms with Gasteiger partial charge in [-0.15, -0.1) is 5.10 Å². The highest BCUT2D eigenvalue weighted by atomic mass is 16.6. The topological polar surface area (TPSA) is 98.9 Å². The molecule has 2 N–H and O–H groups in total. The lowest BCUT2D eigenvalue weighted by atomic mass is 9.99. The summed E-state index contributed by atoms with van der Waals surface area (Å²) < 4.78 is 20.0. The van der Waals surface area contributed by atoms with Gasteiger partial charge in [-0.3, -0.25) is 0 Å². The van der Waals surface area contributed by atoms with Crippen molar-refractivity contribution >= 4 is 0 Å². The zero-order chi connectivity index (χ0) is 25.5.